The molecule has 4 heteroatoms. The van der Waals surface area contributed by atoms with Crippen molar-refractivity contribution < 1.29 is 4.79 Å². The molecule has 0 saturated carbocycles. The van der Waals surface area contributed by atoms with Crippen molar-refractivity contribution >= 4 is 32.7 Å². The molecule has 0 aliphatic carbocycles. The van der Waals surface area contributed by atoms with Gasteiger partial charge in [-0.1, -0.05) is 35.8 Å². The molecule has 21 heavy (non-hydrogen) atoms. The molecule has 0 radical (unpaired) electrons. The molecule has 1 aromatic carbocycles. The summed E-state index contributed by atoms with van der Waals surface area (Å²) in [7, 11) is 0. The summed E-state index contributed by atoms with van der Waals surface area (Å²) in [6.45, 7) is 9.09. The number of rotatable bonds is 4. The molecule has 0 atom stereocenters. The fourth-order valence-corrected chi connectivity index (χ4v) is 1.97. The summed E-state index contributed by atoms with van der Waals surface area (Å²) in [6, 6.07) is 9.41. The molecule has 0 aliphatic heterocycles. The predicted molar refractivity (Wildman–Crippen MR) is 90.9 cm³/mol. The SMILES string of the molecule is CC(C)(Br)C(C)(C)CNC(=O)c1ccc2ncccc2c1. The lowest BCUT2D eigenvalue weighted by Gasteiger charge is -2.37. The highest BCUT2D eigenvalue weighted by Gasteiger charge is 2.34. The zero-order chi connectivity index (χ0) is 15.7. The molecule has 0 bridgehead atoms. The average Bonchev–Trinajstić information content (AvgIpc) is 2.43. The molecule has 1 amide bonds. The van der Waals surface area contributed by atoms with E-state index in [9.17, 15) is 4.79 Å². The molecule has 0 spiro atoms. The Morgan fingerprint density at radius 1 is 1.24 bits per heavy atom. The molecule has 0 fully saturated rings. The van der Waals surface area contributed by atoms with E-state index in [1.807, 2.05) is 30.3 Å². The quantitative estimate of drug-likeness (QED) is 0.842. The number of aromatic nitrogens is 1. The van der Waals surface area contributed by atoms with Gasteiger partial charge in [-0.3, -0.25) is 9.78 Å². The van der Waals surface area contributed by atoms with Gasteiger partial charge in [-0.25, -0.2) is 0 Å². The van der Waals surface area contributed by atoms with Crippen molar-refractivity contribution in [1.29, 1.82) is 0 Å². The van der Waals surface area contributed by atoms with Gasteiger partial charge in [0.15, 0.2) is 0 Å². The van der Waals surface area contributed by atoms with E-state index in [1.165, 1.54) is 0 Å². The highest BCUT2D eigenvalue weighted by molar-refractivity contribution is 9.10. The number of benzene rings is 1. The van der Waals surface area contributed by atoms with E-state index < -0.39 is 0 Å². The Hall–Kier alpha value is -1.42. The zero-order valence-electron chi connectivity index (χ0n) is 12.9. The highest BCUT2D eigenvalue weighted by atomic mass is 79.9. The fraction of sp³-hybridized carbons (Fsp3) is 0.412. The maximum absolute atomic E-state index is 12.3. The standard InChI is InChI=1S/C17H21BrN2O/c1-16(2,17(3,4)18)11-20-15(21)13-7-8-14-12(10-13)6-5-9-19-14/h5-10H,11H2,1-4H3,(H,20,21). The first kappa shape index (κ1) is 16.0. The van der Waals surface area contributed by atoms with Crippen LogP contribution in [0.25, 0.3) is 10.9 Å². The van der Waals surface area contributed by atoms with E-state index in [2.05, 4.69) is 53.9 Å². The first-order valence-electron chi connectivity index (χ1n) is 7.03. The number of alkyl halides is 1. The Morgan fingerprint density at radius 3 is 2.62 bits per heavy atom. The molecule has 2 aromatic rings. The summed E-state index contributed by atoms with van der Waals surface area (Å²) in [5, 5.41) is 4.00. The summed E-state index contributed by atoms with van der Waals surface area (Å²) in [5.74, 6) is -0.0504. The van der Waals surface area contributed by atoms with E-state index in [1.54, 1.807) is 6.20 Å². The third-order valence-electron chi connectivity index (χ3n) is 4.17. The predicted octanol–water partition coefficient (Wildman–Crippen LogP) is 4.16. The Balaban J connectivity index is 2.12. The van der Waals surface area contributed by atoms with Crippen LogP contribution in [-0.4, -0.2) is 21.8 Å². The number of hydrogen-bond acceptors (Lipinski definition) is 2. The summed E-state index contributed by atoms with van der Waals surface area (Å²) in [4.78, 5) is 16.6. The minimum atomic E-state index is -0.0550. The number of nitrogens with one attached hydrogen (secondary N) is 1. The molecule has 0 aliphatic rings. The van der Waals surface area contributed by atoms with Gasteiger partial charge in [0.2, 0.25) is 0 Å². The summed E-state index contributed by atoms with van der Waals surface area (Å²) in [5.41, 5.74) is 1.51. The van der Waals surface area contributed by atoms with Crippen molar-refractivity contribution in [2.24, 2.45) is 5.41 Å². The topological polar surface area (TPSA) is 42.0 Å². The van der Waals surface area contributed by atoms with Crippen LogP contribution in [-0.2, 0) is 0 Å². The third-order valence-corrected chi connectivity index (χ3v) is 5.24. The van der Waals surface area contributed by atoms with Crippen LogP contribution >= 0.6 is 15.9 Å². The van der Waals surface area contributed by atoms with E-state index in [0.29, 0.717) is 12.1 Å². The minimum Gasteiger partial charge on any atom is -0.351 e. The van der Waals surface area contributed by atoms with Gasteiger partial charge in [-0.05, 0) is 43.5 Å². The van der Waals surface area contributed by atoms with Gasteiger partial charge in [0.05, 0.1) is 5.52 Å². The maximum atomic E-state index is 12.3. The molecule has 112 valence electrons. The Bertz CT molecular complexity index is 659. The second kappa shape index (κ2) is 5.76. The molecule has 2 rings (SSSR count). The molecule has 1 N–H and O–H groups in total. The smallest absolute Gasteiger partial charge is 0.251 e. The van der Waals surface area contributed by atoms with Crippen LogP contribution in [0.4, 0.5) is 0 Å². The van der Waals surface area contributed by atoms with Gasteiger partial charge in [-0.15, -0.1) is 0 Å². The lowest BCUT2D eigenvalue weighted by molar-refractivity contribution is 0.0931. The summed E-state index contributed by atoms with van der Waals surface area (Å²) >= 11 is 3.68. The largest absolute Gasteiger partial charge is 0.351 e. The van der Waals surface area contributed by atoms with Crippen LogP contribution in [0.3, 0.4) is 0 Å². The van der Waals surface area contributed by atoms with Crippen LogP contribution in [0.1, 0.15) is 38.1 Å². The minimum absolute atomic E-state index is 0.0504. The van der Waals surface area contributed by atoms with E-state index in [0.717, 1.165) is 10.9 Å². The monoisotopic (exact) mass is 348 g/mol. The molecule has 0 unspecified atom stereocenters. The number of amides is 1. The van der Waals surface area contributed by atoms with Gasteiger partial charge in [0.1, 0.15) is 0 Å². The second-order valence-corrected chi connectivity index (χ2v) is 8.43. The second-order valence-electron chi connectivity index (χ2n) is 6.45. The normalized spacial score (nSPS) is 12.4. The van der Waals surface area contributed by atoms with Crippen LogP contribution < -0.4 is 5.32 Å². The zero-order valence-corrected chi connectivity index (χ0v) is 14.5. The van der Waals surface area contributed by atoms with Crippen molar-refractivity contribution in [1.82, 2.24) is 10.3 Å². The van der Waals surface area contributed by atoms with Crippen molar-refractivity contribution in [2.45, 2.75) is 32.0 Å². The highest BCUT2D eigenvalue weighted by Crippen LogP contribution is 2.37. The average molecular weight is 349 g/mol. The van der Waals surface area contributed by atoms with E-state index in [-0.39, 0.29) is 15.6 Å². The number of hydrogen-bond donors (Lipinski definition) is 1. The van der Waals surface area contributed by atoms with Crippen LogP contribution in [0.15, 0.2) is 36.5 Å². The molecule has 3 nitrogen and oxygen atoms in total. The van der Waals surface area contributed by atoms with E-state index >= 15 is 0 Å². The Morgan fingerprint density at radius 2 is 1.95 bits per heavy atom. The number of carbonyl (C=O) groups excluding carboxylic acids is 1. The number of pyridine rings is 1. The van der Waals surface area contributed by atoms with Crippen molar-refractivity contribution in [2.75, 3.05) is 6.54 Å². The lowest BCUT2D eigenvalue weighted by atomic mass is 9.81. The van der Waals surface area contributed by atoms with Crippen LogP contribution in [0.2, 0.25) is 0 Å². The molecule has 1 heterocycles. The third kappa shape index (κ3) is 3.62. The number of carbonyl (C=O) groups is 1. The van der Waals surface area contributed by atoms with Gasteiger partial charge in [-0.2, -0.15) is 0 Å². The Labute approximate surface area is 134 Å². The van der Waals surface area contributed by atoms with Crippen molar-refractivity contribution in [3.8, 4) is 0 Å². The first-order valence-corrected chi connectivity index (χ1v) is 7.82. The number of nitrogens with zero attached hydrogens (tertiary/aromatic N) is 1. The molecular formula is C17H21BrN2O. The summed E-state index contributed by atoms with van der Waals surface area (Å²) < 4.78 is -0.0550. The van der Waals surface area contributed by atoms with Crippen LogP contribution in [0, 0.1) is 5.41 Å². The Kier molecular flexibility index (Phi) is 4.38. The van der Waals surface area contributed by atoms with Gasteiger partial charge >= 0.3 is 0 Å². The molecule has 0 saturated heterocycles. The lowest BCUT2D eigenvalue weighted by Crippen LogP contribution is -2.43. The van der Waals surface area contributed by atoms with Gasteiger partial charge in [0.25, 0.3) is 5.91 Å². The van der Waals surface area contributed by atoms with Crippen LogP contribution in [0.5, 0.6) is 0 Å². The molecule has 1 aromatic heterocycles. The van der Waals surface area contributed by atoms with Crippen molar-refractivity contribution in [3.63, 3.8) is 0 Å². The first-order chi connectivity index (χ1) is 9.71. The summed E-state index contributed by atoms with van der Waals surface area (Å²) in [6.07, 6.45) is 1.75. The molecular weight excluding hydrogens is 328 g/mol. The maximum Gasteiger partial charge on any atom is 0.251 e. The van der Waals surface area contributed by atoms with E-state index in [4.69, 9.17) is 0 Å². The van der Waals surface area contributed by atoms with Gasteiger partial charge in [0, 0.05) is 28.0 Å². The number of fused-ring (bicyclic) bond motifs is 1. The van der Waals surface area contributed by atoms with Gasteiger partial charge < -0.3 is 5.32 Å². The fourth-order valence-electron chi connectivity index (χ4n) is 1.83. The number of halogens is 1. The van der Waals surface area contributed by atoms with Crippen molar-refractivity contribution in [3.05, 3.63) is 42.1 Å².